The van der Waals surface area contributed by atoms with Crippen LogP contribution in [0.5, 0.6) is 0 Å². The number of carbonyl (C=O) groups is 1. The zero-order chi connectivity index (χ0) is 15.0. The van der Waals surface area contributed by atoms with E-state index in [9.17, 15) is 4.79 Å². The predicted octanol–water partition coefficient (Wildman–Crippen LogP) is 1.09. The van der Waals surface area contributed by atoms with E-state index in [1.54, 1.807) is 10.9 Å². The first-order valence-electron chi connectivity index (χ1n) is 7.30. The number of carbonyl (C=O) groups excluding carboxylic acids is 1. The number of rotatable bonds is 4. The maximum Gasteiger partial charge on any atom is 0.223 e. The standard InChI is InChI=1S/C14H20N6O/c1-3-4-9-5-12(21)20(7-9)8-11-17-13(15)10-6-16-19(2)14(10)18-11/h6,9H,3-5,7-8H2,1-2H3,(H2,15,17,18). The fourth-order valence-corrected chi connectivity index (χ4v) is 2.94. The number of aryl methyl sites for hydroxylation is 1. The summed E-state index contributed by atoms with van der Waals surface area (Å²) in [5.74, 6) is 1.63. The number of nitrogens with zero attached hydrogens (tertiary/aromatic N) is 5. The molecule has 0 aliphatic carbocycles. The summed E-state index contributed by atoms with van der Waals surface area (Å²) in [7, 11) is 1.82. The first-order valence-corrected chi connectivity index (χ1v) is 7.30. The third-order valence-corrected chi connectivity index (χ3v) is 3.99. The van der Waals surface area contributed by atoms with Crippen LogP contribution in [0.4, 0.5) is 5.82 Å². The minimum atomic E-state index is 0.181. The number of amides is 1. The smallest absolute Gasteiger partial charge is 0.223 e. The fraction of sp³-hybridized carbons (Fsp3) is 0.571. The summed E-state index contributed by atoms with van der Waals surface area (Å²) >= 11 is 0. The maximum absolute atomic E-state index is 12.1. The molecule has 3 heterocycles. The average molecular weight is 288 g/mol. The van der Waals surface area contributed by atoms with Crippen molar-refractivity contribution in [1.82, 2.24) is 24.6 Å². The molecule has 2 aromatic rings. The van der Waals surface area contributed by atoms with E-state index in [2.05, 4.69) is 22.0 Å². The number of anilines is 1. The van der Waals surface area contributed by atoms with E-state index in [4.69, 9.17) is 5.73 Å². The Morgan fingerprint density at radius 2 is 2.24 bits per heavy atom. The van der Waals surface area contributed by atoms with Crippen LogP contribution in [0.3, 0.4) is 0 Å². The zero-order valence-corrected chi connectivity index (χ0v) is 12.4. The molecule has 1 aliphatic heterocycles. The van der Waals surface area contributed by atoms with E-state index in [0.29, 0.717) is 36.2 Å². The highest BCUT2D eigenvalue weighted by Crippen LogP contribution is 2.24. The maximum atomic E-state index is 12.1. The lowest BCUT2D eigenvalue weighted by Crippen LogP contribution is -2.26. The van der Waals surface area contributed by atoms with E-state index in [0.717, 1.165) is 24.8 Å². The van der Waals surface area contributed by atoms with Crippen LogP contribution in [0.2, 0.25) is 0 Å². The molecule has 2 N–H and O–H groups in total. The van der Waals surface area contributed by atoms with E-state index in [1.807, 2.05) is 11.9 Å². The van der Waals surface area contributed by atoms with Gasteiger partial charge >= 0.3 is 0 Å². The molecule has 0 aromatic carbocycles. The Hall–Kier alpha value is -2.18. The van der Waals surface area contributed by atoms with E-state index in [-0.39, 0.29) is 5.91 Å². The van der Waals surface area contributed by atoms with Crippen LogP contribution in [0, 0.1) is 5.92 Å². The van der Waals surface area contributed by atoms with Crippen molar-refractivity contribution < 1.29 is 4.79 Å². The minimum Gasteiger partial charge on any atom is -0.383 e. The largest absolute Gasteiger partial charge is 0.383 e. The van der Waals surface area contributed by atoms with Gasteiger partial charge < -0.3 is 10.6 Å². The lowest BCUT2D eigenvalue weighted by molar-refractivity contribution is -0.128. The molecular formula is C14H20N6O. The summed E-state index contributed by atoms with van der Waals surface area (Å²) < 4.78 is 1.67. The van der Waals surface area contributed by atoms with Crippen molar-refractivity contribution in [2.24, 2.45) is 13.0 Å². The van der Waals surface area contributed by atoms with Crippen molar-refractivity contribution in [3.8, 4) is 0 Å². The van der Waals surface area contributed by atoms with Gasteiger partial charge in [0.2, 0.25) is 5.91 Å². The molecule has 0 saturated carbocycles. The Morgan fingerprint density at radius 3 is 3.00 bits per heavy atom. The van der Waals surface area contributed by atoms with Gasteiger partial charge in [-0.3, -0.25) is 9.48 Å². The number of nitrogens with two attached hydrogens (primary N) is 1. The topological polar surface area (TPSA) is 89.9 Å². The second-order valence-electron chi connectivity index (χ2n) is 5.66. The normalized spacial score (nSPS) is 18.9. The number of hydrogen-bond acceptors (Lipinski definition) is 5. The van der Waals surface area contributed by atoms with Crippen LogP contribution in [0.25, 0.3) is 11.0 Å². The number of aromatic nitrogens is 4. The number of likely N-dealkylation sites (tertiary alicyclic amines) is 1. The molecule has 1 aliphatic rings. The second kappa shape index (κ2) is 5.31. The lowest BCUT2D eigenvalue weighted by atomic mass is 10.0. The highest BCUT2D eigenvalue weighted by atomic mass is 16.2. The molecule has 1 atom stereocenters. The van der Waals surface area contributed by atoms with Crippen molar-refractivity contribution in [3.05, 3.63) is 12.0 Å². The Balaban J connectivity index is 1.82. The van der Waals surface area contributed by atoms with Gasteiger partial charge in [0, 0.05) is 20.0 Å². The quantitative estimate of drug-likeness (QED) is 0.909. The third kappa shape index (κ3) is 2.55. The van der Waals surface area contributed by atoms with Gasteiger partial charge in [0.25, 0.3) is 0 Å². The van der Waals surface area contributed by atoms with Crippen LogP contribution in [-0.4, -0.2) is 37.1 Å². The van der Waals surface area contributed by atoms with Crippen LogP contribution >= 0.6 is 0 Å². The molecule has 1 saturated heterocycles. The first-order chi connectivity index (χ1) is 10.1. The molecule has 1 unspecified atom stereocenters. The fourth-order valence-electron chi connectivity index (χ4n) is 2.94. The SMILES string of the molecule is CCCC1CC(=O)N(Cc2nc(N)c3cnn(C)c3n2)C1. The zero-order valence-electron chi connectivity index (χ0n) is 12.4. The molecule has 0 spiro atoms. The summed E-state index contributed by atoms with van der Waals surface area (Å²) in [6.45, 7) is 3.36. The molecule has 112 valence electrons. The van der Waals surface area contributed by atoms with E-state index >= 15 is 0 Å². The number of nitrogen functional groups attached to an aromatic ring is 1. The van der Waals surface area contributed by atoms with Crippen LogP contribution in [0.1, 0.15) is 32.0 Å². The van der Waals surface area contributed by atoms with E-state index < -0.39 is 0 Å². The molecule has 3 rings (SSSR count). The summed E-state index contributed by atoms with van der Waals surface area (Å²) in [4.78, 5) is 22.7. The monoisotopic (exact) mass is 288 g/mol. The van der Waals surface area contributed by atoms with Gasteiger partial charge in [0.15, 0.2) is 11.5 Å². The molecule has 1 fully saturated rings. The Labute approximate surface area is 123 Å². The van der Waals surface area contributed by atoms with Crippen LogP contribution < -0.4 is 5.73 Å². The molecule has 0 bridgehead atoms. The summed E-state index contributed by atoms with van der Waals surface area (Å²) in [5.41, 5.74) is 6.65. The van der Waals surface area contributed by atoms with Gasteiger partial charge in [0.05, 0.1) is 18.1 Å². The first kappa shape index (κ1) is 13.8. The summed E-state index contributed by atoms with van der Waals surface area (Å²) in [5, 5.41) is 4.88. The Morgan fingerprint density at radius 1 is 1.43 bits per heavy atom. The lowest BCUT2D eigenvalue weighted by Gasteiger charge is -2.15. The molecule has 2 aromatic heterocycles. The van der Waals surface area contributed by atoms with Crippen molar-refractivity contribution >= 4 is 22.8 Å². The predicted molar refractivity (Wildman–Crippen MR) is 79.1 cm³/mol. The highest BCUT2D eigenvalue weighted by Gasteiger charge is 2.29. The number of fused-ring (bicyclic) bond motifs is 1. The Kier molecular flexibility index (Phi) is 3.48. The van der Waals surface area contributed by atoms with Gasteiger partial charge in [-0.25, -0.2) is 9.97 Å². The van der Waals surface area contributed by atoms with Gasteiger partial charge in [-0.05, 0) is 12.3 Å². The van der Waals surface area contributed by atoms with E-state index in [1.165, 1.54) is 0 Å². The molecule has 7 heteroatoms. The van der Waals surface area contributed by atoms with Crippen molar-refractivity contribution in [3.63, 3.8) is 0 Å². The molecule has 0 radical (unpaired) electrons. The van der Waals surface area contributed by atoms with Gasteiger partial charge in [0.1, 0.15) is 5.82 Å². The van der Waals surface area contributed by atoms with Crippen molar-refractivity contribution in [1.29, 1.82) is 0 Å². The molecule has 21 heavy (non-hydrogen) atoms. The van der Waals surface area contributed by atoms with Crippen molar-refractivity contribution in [2.75, 3.05) is 12.3 Å². The summed E-state index contributed by atoms with van der Waals surface area (Å²) in [6.07, 6.45) is 4.49. The van der Waals surface area contributed by atoms with Crippen molar-refractivity contribution in [2.45, 2.75) is 32.7 Å². The van der Waals surface area contributed by atoms with Gasteiger partial charge in [-0.15, -0.1) is 0 Å². The average Bonchev–Trinajstić information content (AvgIpc) is 2.96. The van der Waals surface area contributed by atoms with Crippen LogP contribution in [-0.2, 0) is 18.4 Å². The highest BCUT2D eigenvalue weighted by molar-refractivity contribution is 5.85. The second-order valence-corrected chi connectivity index (χ2v) is 5.66. The summed E-state index contributed by atoms with van der Waals surface area (Å²) in [6, 6.07) is 0. The molecular weight excluding hydrogens is 268 g/mol. The molecule has 1 amide bonds. The van der Waals surface area contributed by atoms with Gasteiger partial charge in [-0.1, -0.05) is 13.3 Å². The van der Waals surface area contributed by atoms with Crippen LogP contribution in [0.15, 0.2) is 6.20 Å². The Bertz CT molecular complexity index is 679. The third-order valence-electron chi connectivity index (χ3n) is 3.99. The number of hydrogen-bond donors (Lipinski definition) is 1. The minimum absolute atomic E-state index is 0.181. The molecule has 7 nitrogen and oxygen atoms in total. The van der Waals surface area contributed by atoms with Gasteiger partial charge in [-0.2, -0.15) is 5.10 Å².